The normalized spacial score (nSPS) is 20.1. The van der Waals surface area contributed by atoms with Gasteiger partial charge >= 0.3 is 0 Å². The molecule has 0 aliphatic carbocycles. The molecule has 3 heteroatoms. The van der Waals surface area contributed by atoms with Gasteiger partial charge in [-0.1, -0.05) is 0 Å². The molecule has 0 saturated carbocycles. The first-order valence-corrected chi connectivity index (χ1v) is 5.77. The van der Waals surface area contributed by atoms with Gasteiger partial charge in [-0.2, -0.15) is 0 Å². The number of benzene rings is 1. The van der Waals surface area contributed by atoms with Crippen molar-refractivity contribution in [3.05, 3.63) is 29.1 Å². The molecule has 1 atom stereocenters. The molecule has 1 saturated heterocycles. The van der Waals surface area contributed by atoms with Crippen LogP contribution in [0.5, 0.6) is 5.75 Å². The zero-order chi connectivity index (χ0) is 11.5. The molecule has 0 bridgehead atoms. The molecule has 0 amide bonds. The summed E-state index contributed by atoms with van der Waals surface area (Å²) < 4.78 is 19.0. The van der Waals surface area contributed by atoms with Crippen molar-refractivity contribution in [2.75, 3.05) is 13.7 Å². The summed E-state index contributed by atoms with van der Waals surface area (Å²) in [5.74, 6) is 0.654. The molecule has 88 valence electrons. The molecule has 1 fully saturated rings. The smallest absolute Gasteiger partial charge is 0.126 e. The first-order chi connectivity index (χ1) is 7.70. The number of halogens is 1. The highest BCUT2D eigenvalue weighted by Gasteiger charge is 2.17. The van der Waals surface area contributed by atoms with E-state index in [1.807, 2.05) is 13.0 Å². The number of ether oxygens (including phenoxy) is 1. The van der Waals surface area contributed by atoms with Crippen LogP contribution in [0.25, 0.3) is 0 Å². The van der Waals surface area contributed by atoms with Crippen molar-refractivity contribution in [3.8, 4) is 5.75 Å². The highest BCUT2D eigenvalue weighted by atomic mass is 19.1. The van der Waals surface area contributed by atoms with Crippen molar-refractivity contribution < 1.29 is 9.13 Å². The average molecular weight is 223 g/mol. The molecule has 0 radical (unpaired) electrons. The first kappa shape index (κ1) is 11.4. The second kappa shape index (κ2) is 4.83. The van der Waals surface area contributed by atoms with E-state index in [-0.39, 0.29) is 5.82 Å². The summed E-state index contributed by atoms with van der Waals surface area (Å²) in [6.07, 6.45) is 3.08. The van der Waals surface area contributed by atoms with Crippen molar-refractivity contribution >= 4 is 0 Å². The molecule has 2 rings (SSSR count). The Morgan fingerprint density at radius 3 is 2.94 bits per heavy atom. The Labute approximate surface area is 95.8 Å². The van der Waals surface area contributed by atoms with Crippen LogP contribution in [0.4, 0.5) is 4.39 Å². The van der Waals surface area contributed by atoms with Crippen LogP contribution in [0.15, 0.2) is 12.1 Å². The van der Waals surface area contributed by atoms with Crippen molar-refractivity contribution in [2.24, 2.45) is 0 Å². The number of methoxy groups -OCH3 is 1. The fourth-order valence-electron chi connectivity index (χ4n) is 2.27. The number of hydrogen-bond acceptors (Lipinski definition) is 2. The lowest BCUT2D eigenvalue weighted by Crippen LogP contribution is -2.24. The lowest BCUT2D eigenvalue weighted by atomic mass is 10.0. The third-order valence-corrected chi connectivity index (χ3v) is 3.19. The van der Waals surface area contributed by atoms with E-state index in [9.17, 15) is 4.39 Å². The van der Waals surface area contributed by atoms with E-state index in [0.29, 0.717) is 6.04 Å². The molecular formula is C13H18FNO. The fourth-order valence-corrected chi connectivity index (χ4v) is 2.27. The van der Waals surface area contributed by atoms with Gasteiger partial charge in [0.25, 0.3) is 0 Å². The Balaban J connectivity index is 2.18. The van der Waals surface area contributed by atoms with Gasteiger partial charge in [-0.15, -0.1) is 0 Å². The lowest BCUT2D eigenvalue weighted by molar-refractivity contribution is 0.409. The van der Waals surface area contributed by atoms with Crippen molar-refractivity contribution in [1.82, 2.24) is 5.32 Å². The van der Waals surface area contributed by atoms with Crippen molar-refractivity contribution in [2.45, 2.75) is 32.2 Å². The highest BCUT2D eigenvalue weighted by Crippen LogP contribution is 2.24. The molecule has 1 unspecified atom stereocenters. The maximum Gasteiger partial charge on any atom is 0.126 e. The van der Waals surface area contributed by atoms with E-state index in [1.165, 1.54) is 6.42 Å². The van der Waals surface area contributed by atoms with Crippen LogP contribution in [0.1, 0.15) is 24.0 Å². The van der Waals surface area contributed by atoms with Gasteiger partial charge in [0.15, 0.2) is 0 Å². The molecule has 1 N–H and O–H groups in total. The second-order valence-electron chi connectivity index (χ2n) is 4.41. The molecule has 1 heterocycles. The largest absolute Gasteiger partial charge is 0.496 e. The topological polar surface area (TPSA) is 21.3 Å². The molecule has 2 nitrogen and oxygen atoms in total. The van der Waals surface area contributed by atoms with Gasteiger partial charge in [0, 0.05) is 6.04 Å². The maximum absolute atomic E-state index is 13.7. The molecule has 1 aliphatic rings. The standard InChI is InChI=1S/C13H18FNO/c1-9-6-12(14)10(8-13(9)16-2)7-11-4-3-5-15-11/h6,8,11,15H,3-5,7H2,1-2H3. The molecular weight excluding hydrogens is 205 g/mol. The number of nitrogens with one attached hydrogen (secondary N) is 1. The number of hydrogen-bond donors (Lipinski definition) is 1. The van der Waals surface area contributed by atoms with Crippen LogP contribution in [0, 0.1) is 12.7 Å². The van der Waals surface area contributed by atoms with E-state index < -0.39 is 0 Å². The van der Waals surface area contributed by atoms with Gasteiger partial charge in [0.1, 0.15) is 11.6 Å². The summed E-state index contributed by atoms with van der Waals surface area (Å²) in [6.45, 7) is 2.91. The Kier molecular flexibility index (Phi) is 3.44. The summed E-state index contributed by atoms with van der Waals surface area (Å²) in [5, 5.41) is 3.38. The van der Waals surface area contributed by atoms with E-state index in [1.54, 1.807) is 13.2 Å². The van der Waals surface area contributed by atoms with Crippen LogP contribution in [-0.4, -0.2) is 19.7 Å². The van der Waals surface area contributed by atoms with Crippen LogP contribution >= 0.6 is 0 Å². The summed E-state index contributed by atoms with van der Waals surface area (Å²) >= 11 is 0. The minimum absolute atomic E-state index is 0.119. The molecule has 1 aromatic rings. The zero-order valence-electron chi connectivity index (χ0n) is 9.85. The summed E-state index contributed by atoms with van der Waals surface area (Å²) in [7, 11) is 1.62. The SMILES string of the molecule is COc1cc(CC2CCCN2)c(F)cc1C. The van der Waals surface area contributed by atoms with Crippen molar-refractivity contribution in [3.63, 3.8) is 0 Å². The van der Waals surface area contributed by atoms with Gasteiger partial charge < -0.3 is 10.1 Å². The zero-order valence-corrected chi connectivity index (χ0v) is 9.85. The Morgan fingerprint density at radius 2 is 2.31 bits per heavy atom. The van der Waals surface area contributed by atoms with E-state index in [0.717, 1.165) is 36.3 Å². The first-order valence-electron chi connectivity index (χ1n) is 5.77. The monoisotopic (exact) mass is 223 g/mol. The third kappa shape index (κ3) is 2.35. The minimum Gasteiger partial charge on any atom is -0.496 e. The maximum atomic E-state index is 13.7. The Morgan fingerprint density at radius 1 is 1.50 bits per heavy atom. The van der Waals surface area contributed by atoms with Gasteiger partial charge in [-0.3, -0.25) is 0 Å². The van der Waals surface area contributed by atoms with E-state index in [4.69, 9.17) is 4.74 Å². The Hall–Kier alpha value is -1.09. The van der Waals surface area contributed by atoms with Gasteiger partial charge in [0.2, 0.25) is 0 Å². The van der Waals surface area contributed by atoms with E-state index >= 15 is 0 Å². The van der Waals surface area contributed by atoms with Crippen LogP contribution < -0.4 is 10.1 Å². The average Bonchev–Trinajstić information content (AvgIpc) is 2.75. The summed E-state index contributed by atoms with van der Waals surface area (Å²) in [6, 6.07) is 3.80. The van der Waals surface area contributed by atoms with Gasteiger partial charge in [-0.05, 0) is 56.0 Å². The molecule has 16 heavy (non-hydrogen) atoms. The predicted molar refractivity (Wildman–Crippen MR) is 62.4 cm³/mol. The minimum atomic E-state index is -0.119. The number of rotatable bonds is 3. The Bertz CT molecular complexity index is 372. The lowest BCUT2D eigenvalue weighted by Gasteiger charge is -2.13. The van der Waals surface area contributed by atoms with Gasteiger partial charge in [-0.25, -0.2) is 4.39 Å². The number of aryl methyl sites for hydroxylation is 1. The highest BCUT2D eigenvalue weighted by molar-refractivity contribution is 5.38. The molecule has 0 aromatic heterocycles. The van der Waals surface area contributed by atoms with Crippen LogP contribution in [-0.2, 0) is 6.42 Å². The van der Waals surface area contributed by atoms with E-state index in [2.05, 4.69) is 5.32 Å². The van der Waals surface area contributed by atoms with Crippen LogP contribution in [0.3, 0.4) is 0 Å². The summed E-state index contributed by atoms with van der Waals surface area (Å²) in [5.41, 5.74) is 1.60. The third-order valence-electron chi connectivity index (χ3n) is 3.19. The van der Waals surface area contributed by atoms with Crippen molar-refractivity contribution in [1.29, 1.82) is 0 Å². The van der Waals surface area contributed by atoms with Gasteiger partial charge in [0.05, 0.1) is 7.11 Å². The molecule has 1 aliphatic heterocycles. The second-order valence-corrected chi connectivity index (χ2v) is 4.41. The molecule has 1 aromatic carbocycles. The molecule has 0 spiro atoms. The van der Waals surface area contributed by atoms with Crippen LogP contribution in [0.2, 0.25) is 0 Å². The quantitative estimate of drug-likeness (QED) is 0.849. The summed E-state index contributed by atoms with van der Waals surface area (Å²) in [4.78, 5) is 0. The predicted octanol–water partition coefficient (Wildman–Crippen LogP) is 2.44. The fraction of sp³-hybridized carbons (Fsp3) is 0.538.